The summed E-state index contributed by atoms with van der Waals surface area (Å²) in [5, 5.41) is 11.0. The van der Waals surface area contributed by atoms with E-state index in [-0.39, 0.29) is 19.4 Å². The van der Waals surface area contributed by atoms with Crippen LogP contribution in [0.15, 0.2) is 30.3 Å². The van der Waals surface area contributed by atoms with Gasteiger partial charge in [0.15, 0.2) is 11.8 Å². The minimum Gasteiger partial charge on any atom is -0.479 e. The van der Waals surface area contributed by atoms with Crippen molar-refractivity contribution in [3.05, 3.63) is 35.9 Å². The second-order valence-electron chi connectivity index (χ2n) is 4.99. The molecule has 6 N–H and O–H groups in total. The fraction of sp³-hybridized carbons (Fsp3) is 0.333. The van der Waals surface area contributed by atoms with Crippen molar-refractivity contribution in [1.29, 1.82) is 0 Å². The SMILES string of the molecule is NC(=O)CCC(N)C(=O)C(NC(=O)OCc1ccccc1)C(=O)O. The maximum absolute atomic E-state index is 12.0. The fourth-order valence-corrected chi connectivity index (χ4v) is 1.79. The molecule has 9 nitrogen and oxygen atoms in total. The Hall–Kier alpha value is -2.94. The van der Waals surface area contributed by atoms with E-state index < -0.39 is 35.8 Å². The molecule has 0 heterocycles. The van der Waals surface area contributed by atoms with E-state index in [1.807, 2.05) is 5.32 Å². The molecule has 9 heteroatoms. The highest BCUT2D eigenvalue weighted by molar-refractivity contribution is 6.06. The number of carbonyl (C=O) groups excluding carboxylic acids is 3. The average Bonchev–Trinajstić information content (AvgIpc) is 2.55. The molecule has 0 aliphatic rings. The summed E-state index contributed by atoms with van der Waals surface area (Å²) >= 11 is 0. The predicted octanol–water partition coefficient (Wildman–Crippen LogP) is -0.472. The van der Waals surface area contributed by atoms with Gasteiger partial charge in [-0.25, -0.2) is 9.59 Å². The molecule has 0 saturated heterocycles. The van der Waals surface area contributed by atoms with Crippen LogP contribution >= 0.6 is 0 Å². The number of hydrogen-bond acceptors (Lipinski definition) is 6. The molecule has 0 spiro atoms. The molecule has 130 valence electrons. The number of carboxylic acid groups (broad SMARTS) is 1. The monoisotopic (exact) mass is 337 g/mol. The first-order valence-corrected chi connectivity index (χ1v) is 7.09. The van der Waals surface area contributed by atoms with Gasteiger partial charge in [-0.2, -0.15) is 0 Å². The van der Waals surface area contributed by atoms with Crippen LogP contribution in [0.1, 0.15) is 18.4 Å². The fourth-order valence-electron chi connectivity index (χ4n) is 1.79. The summed E-state index contributed by atoms with van der Waals surface area (Å²) in [7, 11) is 0. The number of nitrogens with one attached hydrogen (secondary N) is 1. The molecule has 2 unspecified atom stereocenters. The van der Waals surface area contributed by atoms with Crippen molar-refractivity contribution in [1.82, 2.24) is 5.32 Å². The van der Waals surface area contributed by atoms with Crippen molar-refractivity contribution in [3.63, 3.8) is 0 Å². The van der Waals surface area contributed by atoms with E-state index in [9.17, 15) is 19.2 Å². The van der Waals surface area contributed by atoms with Crippen LogP contribution in [0, 0.1) is 0 Å². The zero-order valence-electron chi connectivity index (χ0n) is 12.8. The van der Waals surface area contributed by atoms with Crippen LogP contribution in [0.25, 0.3) is 0 Å². The number of carboxylic acids is 1. The van der Waals surface area contributed by atoms with Gasteiger partial charge >= 0.3 is 12.1 Å². The molecule has 0 bridgehead atoms. The summed E-state index contributed by atoms with van der Waals surface area (Å²) in [6, 6.07) is 5.61. The maximum Gasteiger partial charge on any atom is 0.408 e. The summed E-state index contributed by atoms with van der Waals surface area (Å²) in [5.74, 6) is -3.19. The van der Waals surface area contributed by atoms with E-state index in [0.29, 0.717) is 5.56 Å². The summed E-state index contributed by atoms with van der Waals surface area (Å²) in [6.07, 6.45) is -1.35. The Bertz CT molecular complexity index is 604. The van der Waals surface area contributed by atoms with E-state index in [1.54, 1.807) is 30.3 Å². The zero-order valence-corrected chi connectivity index (χ0v) is 12.8. The Morgan fingerprint density at radius 3 is 2.33 bits per heavy atom. The van der Waals surface area contributed by atoms with Crippen molar-refractivity contribution in [2.24, 2.45) is 11.5 Å². The normalized spacial score (nSPS) is 12.7. The first-order valence-electron chi connectivity index (χ1n) is 7.09. The molecule has 0 radical (unpaired) electrons. The van der Waals surface area contributed by atoms with Crippen molar-refractivity contribution in [3.8, 4) is 0 Å². The number of hydrogen-bond donors (Lipinski definition) is 4. The Labute approximate surface area is 137 Å². The molecule has 2 atom stereocenters. The van der Waals surface area contributed by atoms with Gasteiger partial charge in [0.2, 0.25) is 5.91 Å². The van der Waals surface area contributed by atoms with Crippen LogP contribution in [0.2, 0.25) is 0 Å². The van der Waals surface area contributed by atoms with E-state index in [0.717, 1.165) is 0 Å². The van der Waals surface area contributed by atoms with Gasteiger partial charge in [0, 0.05) is 6.42 Å². The number of nitrogens with two attached hydrogens (primary N) is 2. The summed E-state index contributed by atoms with van der Waals surface area (Å²) in [6.45, 7) is -0.0824. The highest BCUT2D eigenvalue weighted by Gasteiger charge is 2.32. The number of benzene rings is 1. The first kappa shape index (κ1) is 19.1. The number of primary amides is 1. The molecule has 0 aliphatic heterocycles. The molecule has 0 aliphatic carbocycles. The number of aliphatic carboxylic acids is 1. The van der Waals surface area contributed by atoms with Gasteiger partial charge < -0.3 is 26.6 Å². The first-order chi connectivity index (χ1) is 11.3. The van der Waals surface area contributed by atoms with Crippen LogP contribution < -0.4 is 16.8 Å². The molecule has 1 rings (SSSR count). The maximum atomic E-state index is 12.0. The van der Waals surface area contributed by atoms with Crippen molar-refractivity contribution < 1.29 is 29.0 Å². The molecule has 1 aromatic rings. The number of ether oxygens (including phenoxy) is 1. The van der Waals surface area contributed by atoms with Crippen LogP contribution in [-0.4, -0.2) is 40.9 Å². The number of carbonyl (C=O) groups is 4. The van der Waals surface area contributed by atoms with Gasteiger partial charge in [-0.15, -0.1) is 0 Å². The number of Topliss-reactive ketones (excluding diaryl/α,β-unsaturated/α-hetero) is 1. The number of alkyl carbamates (subject to hydrolysis) is 1. The third kappa shape index (κ3) is 6.44. The lowest BCUT2D eigenvalue weighted by molar-refractivity contribution is -0.143. The third-order valence-corrected chi connectivity index (χ3v) is 3.07. The lowest BCUT2D eigenvalue weighted by Crippen LogP contribution is -2.52. The Morgan fingerprint density at radius 1 is 1.17 bits per heavy atom. The summed E-state index contributed by atoms with van der Waals surface area (Å²) in [4.78, 5) is 45.5. The predicted molar refractivity (Wildman–Crippen MR) is 82.6 cm³/mol. The summed E-state index contributed by atoms with van der Waals surface area (Å²) < 4.78 is 4.86. The standard InChI is InChI=1S/C15H19N3O6/c16-10(6-7-11(17)19)13(20)12(14(21)22)18-15(23)24-8-9-4-2-1-3-5-9/h1-5,10,12H,6-8,16H2,(H2,17,19)(H,18,23)(H,21,22). The lowest BCUT2D eigenvalue weighted by atomic mass is 10.0. The highest BCUT2D eigenvalue weighted by atomic mass is 16.5. The van der Waals surface area contributed by atoms with E-state index >= 15 is 0 Å². The van der Waals surface area contributed by atoms with Gasteiger partial charge in [0.1, 0.15) is 6.61 Å². The molecule has 2 amide bonds. The Balaban J connectivity index is 2.58. The van der Waals surface area contributed by atoms with Crippen LogP contribution in [0.3, 0.4) is 0 Å². The topological polar surface area (TPSA) is 162 Å². The molecular formula is C15H19N3O6. The Morgan fingerprint density at radius 2 is 1.79 bits per heavy atom. The van der Waals surface area contributed by atoms with Gasteiger partial charge in [-0.1, -0.05) is 30.3 Å². The van der Waals surface area contributed by atoms with Crippen molar-refractivity contribution in [2.45, 2.75) is 31.5 Å². The van der Waals surface area contributed by atoms with Crippen molar-refractivity contribution in [2.75, 3.05) is 0 Å². The quantitative estimate of drug-likeness (QED) is 0.443. The summed E-state index contributed by atoms with van der Waals surface area (Å²) in [5.41, 5.74) is 11.2. The molecule has 24 heavy (non-hydrogen) atoms. The smallest absolute Gasteiger partial charge is 0.408 e. The average molecular weight is 337 g/mol. The van der Waals surface area contributed by atoms with Crippen molar-refractivity contribution >= 4 is 23.8 Å². The zero-order chi connectivity index (χ0) is 18.1. The third-order valence-electron chi connectivity index (χ3n) is 3.07. The van der Waals surface area contributed by atoms with Gasteiger partial charge in [0.05, 0.1) is 6.04 Å². The number of ketones is 1. The largest absolute Gasteiger partial charge is 0.479 e. The second kappa shape index (κ2) is 9.26. The second-order valence-corrected chi connectivity index (χ2v) is 4.99. The van der Waals surface area contributed by atoms with Gasteiger partial charge in [-0.3, -0.25) is 9.59 Å². The van der Waals surface area contributed by atoms with Gasteiger partial charge in [0.25, 0.3) is 0 Å². The van der Waals surface area contributed by atoms with Crippen LogP contribution in [-0.2, 0) is 25.7 Å². The van der Waals surface area contributed by atoms with Crippen LogP contribution in [0.5, 0.6) is 0 Å². The number of rotatable bonds is 9. The molecule has 0 saturated carbocycles. The lowest BCUT2D eigenvalue weighted by Gasteiger charge is -2.17. The molecule has 0 aromatic heterocycles. The highest BCUT2D eigenvalue weighted by Crippen LogP contribution is 2.03. The number of amides is 2. The molecular weight excluding hydrogens is 318 g/mol. The minimum absolute atomic E-state index is 0.0824. The van der Waals surface area contributed by atoms with Crippen LogP contribution in [0.4, 0.5) is 4.79 Å². The molecule has 0 fully saturated rings. The van der Waals surface area contributed by atoms with E-state index in [2.05, 4.69) is 0 Å². The van der Waals surface area contributed by atoms with E-state index in [1.165, 1.54) is 0 Å². The molecule has 1 aromatic carbocycles. The minimum atomic E-state index is -1.86. The van der Waals surface area contributed by atoms with Gasteiger partial charge in [-0.05, 0) is 12.0 Å². The van der Waals surface area contributed by atoms with E-state index in [4.69, 9.17) is 21.3 Å². The Kier molecular flexibility index (Phi) is 7.37.